The topological polar surface area (TPSA) is 64.6 Å². The smallest absolute Gasteiger partial charge is 0.331 e. The zero-order valence-corrected chi connectivity index (χ0v) is 13.7. The Morgan fingerprint density at radius 2 is 1.83 bits per heavy atom. The van der Waals surface area contributed by atoms with Crippen LogP contribution in [0.4, 0.5) is 0 Å². The van der Waals surface area contributed by atoms with Gasteiger partial charge in [0.05, 0.1) is 13.2 Å². The van der Waals surface area contributed by atoms with E-state index in [-0.39, 0.29) is 18.5 Å². The Kier molecular flexibility index (Phi) is 6.59. The van der Waals surface area contributed by atoms with Crippen LogP contribution in [0.5, 0.6) is 0 Å². The van der Waals surface area contributed by atoms with Gasteiger partial charge in [-0.05, 0) is 25.3 Å². The van der Waals surface area contributed by atoms with Crippen molar-refractivity contribution in [3.63, 3.8) is 0 Å². The van der Waals surface area contributed by atoms with Crippen LogP contribution in [0.3, 0.4) is 0 Å². The molecule has 0 radical (unpaired) electrons. The average molecular weight is 319 g/mol. The van der Waals surface area contributed by atoms with Gasteiger partial charge in [-0.15, -0.1) is 0 Å². The van der Waals surface area contributed by atoms with Gasteiger partial charge < -0.3 is 14.8 Å². The number of amides is 1. The molecule has 1 saturated carbocycles. The first-order valence-electron chi connectivity index (χ1n) is 8.26. The van der Waals surface area contributed by atoms with Gasteiger partial charge in [0.1, 0.15) is 12.1 Å². The third-order valence-electron chi connectivity index (χ3n) is 4.10. The van der Waals surface area contributed by atoms with Crippen molar-refractivity contribution in [3.8, 4) is 0 Å². The number of rotatable bonds is 7. The molecule has 1 N–H and O–H groups in total. The SMILES string of the molecule is CCOC(=O)C1(NC(=O)COCc2ccccc2)CCCCC1. The Morgan fingerprint density at radius 3 is 2.48 bits per heavy atom. The summed E-state index contributed by atoms with van der Waals surface area (Å²) in [6.07, 6.45) is 4.20. The standard InChI is InChI=1S/C18H25NO4/c1-2-23-17(21)18(11-7-4-8-12-18)19-16(20)14-22-13-15-9-5-3-6-10-15/h3,5-6,9-10H,2,4,7-8,11-14H2,1H3,(H,19,20). The summed E-state index contributed by atoms with van der Waals surface area (Å²) in [5.74, 6) is -0.591. The number of carbonyl (C=O) groups excluding carboxylic acids is 2. The van der Waals surface area contributed by atoms with E-state index in [0.717, 1.165) is 24.8 Å². The lowest BCUT2D eigenvalue weighted by atomic mass is 9.81. The third kappa shape index (κ3) is 5.06. The fourth-order valence-corrected chi connectivity index (χ4v) is 2.94. The highest BCUT2D eigenvalue weighted by atomic mass is 16.5. The molecule has 5 nitrogen and oxygen atoms in total. The molecule has 1 aliphatic carbocycles. The number of ether oxygens (including phenoxy) is 2. The molecule has 1 aliphatic rings. The average Bonchev–Trinajstić information content (AvgIpc) is 2.57. The highest BCUT2D eigenvalue weighted by Gasteiger charge is 2.42. The molecule has 126 valence electrons. The summed E-state index contributed by atoms with van der Waals surface area (Å²) < 4.78 is 10.6. The van der Waals surface area contributed by atoms with E-state index in [2.05, 4.69) is 5.32 Å². The van der Waals surface area contributed by atoms with Crippen LogP contribution in [-0.4, -0.2) is 30.6 Å². The first-order valence-corrected chi connectivity index (χ1v) is 8.26. The Hall–Kier alpha value is -1.88. The molecule has 0 unspecified atom stereocenters. The monoisotopic (exact) mass is 319 g/mol. The molecule has 1 aromatic carbocycles. The van der Waals surface area contributed by atoms with Crippen LogP contribution in [0.1, 0.15) is 44.6 Å². The second kappa shape index (κ2) is 8.67. The molecule has 0 aromatic heterocycles. The maximum Gasteiger partial charge on any atom is 0.331 e. The lowest BCUT2D eigenvalue weighted by Gasteiger charge is -2.35. The molecule has 2 rings (SSSR count). The predicted octanol–water partition coefficient (Wildman–Crippen LogP) is 2.59. The molecule has 0 aliphatic heterocycles. The van der Waals surface area contributed by atoms with Crippen LogP contribution in [-0.2, 0) is 25.7 Å². The maximum atomic E-state index is 12.3. The Balaban J connectivity index is 1.86. The van der Waals surface area contributed by atoms with Crippen molar-refractivity contribution in [2.45, 2.75) is 51.2 Å². The molecule has 23 heavy (non-hydrogen) atoms. The van der Waals surface area contributed by atoms with Crippen LogP contribution in [0, 0.1) is 0 Å². The molecule has 1 amide bonds. The zero-order chi connectivity index (χ0) is 16.5. The summed E-state index contributed by atoms with van der Waals surface area (Å²) in [6, 6.07) is 9.67. The molecule has 0 saturated heterocycles. The number of hydrogen-bond acceptors (Lipinski definition) is 4. The van der Waals surface area contributed by atoms with Crippen molar-refractivity contribution in [1.82, 2.24) is 5.32 Å². The lowest BCUT2D eigenvalue weighted by Crippen LogP contribution is -2.57. The van der Waals surface area contributed by atoms with Crippen LogP contribution in [0.2, 0.25) is 0 Å². The van der Waals surface area contributed by atoms with Crippen molar-refractivity contribution in [3.05, 3.63) is 35.9 Å². The predicted molar refractivity (Wildman–Crippen MR) is 86.7 cm³/mol. The van der Waals surface area contributed by atoms with E-state index in [0.29, 0.717) is 26.1 Å². The van der Waals surface area contributed by atoms with Gasteiger partial charge >= 0.3 is 5.97 Å². The van der Waals surface area contributed by atoms with Gasteiger partial charge in [-0.1, -0.05) is 49.6 Å². The number of esters is 1. The van der Waals surface area contributed by atoms with Crippen LogP contribution in [0.15, 0.2) is 30.3 Å². The summed E-state index contributed by atoms with van der Waals surface area (Å²) in [7, 11) is 0. The van der Waals surface area contributed by atoms with E-state index in [1.54, 1.807) is 6.92 Å². The minimum Gasteiger partial charge on any atom is -0.464 e. The molecule has 5 heteroatoms. The normalized spacial score (nSPS) is 16.6. The van der Waals surface area contributed by atoms with Gasteiger partial charge in [-0.3, -0.25) is 4.79 Å². The fraction of sp³-hybridized carbons (Fsp3) is 0.556. The number of nitrogens with one attached hydrogen (secondary N) is 1. The minimum absolute atomic E-state index is 0.0595. The zero-order valence-electron chi connectivity index (χ0n) is 13.7. The Labute approximate surface area is 137 Å². The van der Waals surface area contributed by atoms with Crippen LogP contribution < -0.4 is 5.32 Å². The minimum atomic E-state index is -0.874. The third-order valence-corrected chi connectivity index (χ3v) is 4.10. The second-order valence-electron chi connectivity index (χ2n) is 5.89. The molecule has 1 aromatic rings. The van der Waals surface area contributed by atoms with E-state index >= 15 is 0 Å². The second-order valence-corrected chi connectivity index (χ2v) is 5.89. The van der Waals surface area contributed by atoms with Gasteiger partial charge in [0, 0.05) is 0 Å². The molecule has 0 bridgehead atoms. The molecule has 1 fully saturated rings. The fourth-order valence-electron chi connectivity index (χ4n) is 2.94. The van der Waals surface area contributed by atoms with E-state index in [9.17, 15) is 9.59 Å². The van der Waals surface area contributed by atoms with E-state index in [1.165, 1.54) is 0 Å². The highest BCUT2D eigenvalue weighted by Crippen LogP contribution is 2.29. The largest absolute Gasteiger partial charge is 0.464 e. The summed E-state index contributed by atoms with van der Waals surface area (Å²) in [5, 5.41) is 2.86. The Morgan fingerprint density at radius 1 is 1.13 bits per heavy atom. The molecule has 0 spiro atoms. The quantitative estimate of drug-likeness (QED) is 0.785. The number of hydrogen-bond donors (Lipinski definition) is 1. The lowest BCUT2D eigenvalue weighted by molar-refractivity contribution is -0.155. The van der Waals surface area contributed by atoms with Crippen LogP contribution in [0.25, 0.3) is 0 Å². The van der Waals surface area contributed by atoms with Crippen molar-refractivity contribution >= 4 is 11.9 Å². The highest BCUT2D eigenvalue weighted by molar-refractivity contribution is 5.88. The summed E-state index contributed by atoms with van der Waals surface area (Å²) in [5.41, 5.74) is 0.139. The van der Waals surface area contributed by atoms with Crippen molar-refractivity contribution in [2.75, 3.05) is 13.2 Å². The van der Waals surface area contributed by atoms with E-state index < -0.39 is 5.54 Å². The van der Waals surface area contributed by atoms with Gasteiger partial charge in [0.2, 0.25) is 5.91 Å². The van der Waals surface area contributed by atoms with E-state index in [4.69, 9.17) is 9.47 Å². The van der Waals surface area contributed by atoms with Crippen molar-refractivity contribution in [1.29, 1.82) is 0 Å². The van der Waals surface area contributed by atoms with Crippen molar-refractivity contribution in [2.24, 2.45) is 0 Å². The number of carbonyl (C=O) groups is 2. The first kappa shape index (κ1) is 17.5. The van der Waals surface area contributed by atoms with Crippen LogP contribution >= 0.6 is 0 Å². The van der Waals surface area contributed by atoms with Gasteiger partial charge in [0.15, 0.2) is 0 Å². The molecular formula is C18H25NO4. The summed E-state index contributed by atoms with van der Waals surface area (Å²) >= 11 is 0. The molecule has 0 heterocycles. The molecule has 0 atom stereocenters. The maximum absolute atomic E-state index is 12.3. The van der Waals surface area contributed by atoms with Gasteiger partial charge in [-0.25, -0.2) is 4.79 Å². The van der Waals surface area contributed by atoms with Gasteiger partial charge in [-0.2, -0.15) is 0 Å². The first-order chi connectivity index (χ1) is 11.2. The molecular weight excluding hydrogens is 294 g/mol. The summed E-state index contributed by atoms with van der Waals surface area (Å²) in [6.45, 7) is 2.41. The van der Waals surface area contributed by atoms with Crippen molar-refractivity contribution < 1.29 is 19.1 Å². The number of benzene rings is 1. The van der Waals surface area contributed by atoms with E-state index in [1.807, 2.05) is 30.3 Å². The van der Waals surface area contributed by atoms with Gasteiger partial charge in [0.25, 0.3) is 0 Å². The summed E-state index contributed by atoms with van der Waals surface area (Å²) in [4.78, 5) is 24.4. The Bertz CT molecular complexity index is 509.